The van der Waals surface area contributed by atoms with Gasteiger partial charge in [-0.25, -0.2) is 0 Å². The average molecular weight is 196 g/mol. The molecule has 80 valence electrons. The summed E-state index contributed by atoms with van der Waals surface area (Å²) in [6, 6.07) is 0. The summed E-state index contributed by atoms with van der Waals surface area (Å²) in [5.41, 5.74) is 0. The second-order valence-electron chi connectivity index (χ2n) is 3.77. The van der Waals surface area contributed by atoms with Crippen molar-refractivity contribution >= 4 is 12.2 Å². The van der Waals surface area contributed by atoms with Gasteiger partial charge in [0.25, 0.3) is 0 Å². The Morgan fingerprint density at radius 3 is 2.79 bits per heavy atom. The summed E-state index contributed by atoms with van der Waals surface area (Å²) in [5, 5.41) is 0. The summed E-state index contributed by atoms with van der Waals surface area (Å²) >= 11 is 0. The summed E-state index contributed by atoms with van der Waals surface area (Å²) in [4.78, 5) is 17.3. The fourth-order valence-corrected chi connectivity index (χ4v) is 1.59. The van der Waals surface area contributed by atoms with E-state index in [1.165, 1.54) is 25.7 Å². The number of amides is 1. The van der Waals surface area contributed by atoms with Crippen molar-refractivity contribution in [3.8, 4) is 0 Å². The SMILES string of the molecule is CCCCCCCC(=O)N1C=NCC1. The van der Waals surface area contributed by atoms with Gasteiger partial charge in [0, 0.05) is 13.0 Å². The first kappa shape index (κ1) is 11.2. The fraction of sp³-hybridized carbons (Fsp3) is 0.818. The van der Waals surface area contributed by atoms with Crippen molar-refractivity contribution in [3.63, 3.8) is 0 Å². The molecule has 3 nitrogen and oxygen atoms in total. The molecule has 0 aromatic carbocycles. The van der Waals surface area contributed by atoms with Gasteiger partial charge in [-0.1, -0.05) is 32.6 Å². The van der Waals surface area contributed by atoms with Gasteiger partial charge in [-0.05, 0) is 6.42 Å². The molecule has 0 fully saturated rings. The summed E-state index contributed by atoms with van der Waals surface area (Å²) in [5.74, 6) is 0.239. The van der Waals surface area contributed by atoms with Gasteiger partial charge in [-0.2, -0.15) is 0 Å². The normalized spacial score (nSPS) is 15.1. The number of carbonyl (C=O) groups excluding carboxylic acids is 1. The van der Waals surface area contributed by atoms with Crippen LogP contribution in [0, 0.1) is 0 Å². The van der Waals surface area contributed by atoms with Gasteiger partial charge in [0.2, 0.25) is 5.91 Å². The van der Waals surface area contributed by atoms with Gasteiger partial charge in [0.15, 0.2) is 0 Å². The first-order chi connectivity index (χ1) is 6.84. The highest BCUT2D eigenvalue weighted by atomic mass is 16.2. The van der Waals surface area contributed by atoms with Gasteiger partial charge < -0.3 is 4.90 Å². The van der Waals surface area contributed by atoms with Crippen LogP contribution in [0.5, 0.6) is 0 Å². The van der Waals surface area contributed by atoms with Crippen LogP contribution in [-0.2, 0) is 4.79 Å². The Labute approximate surface area is 86.2 Å². The molecule has 0 saturated heterocycles. The predicted octanol–water partition coefficient (Wildman–Crippen LogP) is 2.22. The summed E-state index contributed by atoms with van der Waals surface area (Å²) < 4.78 is 0. The predicted molar refractivity (Wildman–Crippen MR) is 58.4 cm³/mol. The molecule has 1 heterocycles. The van der Waals surface area contributed by atoms with E-state index in [9.17, 15) is 4.79 Å². The first-order valence-corrected chi connectivity index (χ1v) is 5.64. The molecule has 3 heteroatoms. The molecular weight excluding hydrogens is 176 g/mol. The molecule has 0 atom stereocenters. The maximum atomic E-state index is 11.5. The minimum Gasteiger partial charge on any atom is -0.301 e. The number of nitrogens with zero attached hydrogens (tertiary/aromatic N) is 2. The van der Waals surface area contributed by atoms with Crippen molar-refractivity contribution in [3.05, 3.63) is 0 Å². The molecule has 0 N–H and O–H groups in total. The van der Waals surface area contributed by atoms with E-state index in [0.717, 1.165) is 19.5 Å². The Hall–Kier alpha value is -0.860. The van der Waals surface area contributed by atoms with E-state index < -0.39 is 0 Å². The molecule has 0 spiro atoms. The number of rotatable bonds is 6. The van der Waals surface area contributed by atoms with Crippen LogP contribution >= 0.6 is 0 Å². The molecule has 0 aliphatic carbocycles. The molecule has 14 heavy (non-hydrogen) atoms. The van der Waals surface area contributed by atoms with Crippen LogP contribution in [0.1, 0.15) is 45.4 Å². The van der Waals surface area contributed by atoms with Crippen LogP contribution < -0.4 is 0 Å². The van der Waals surface area contributed by atoms with Gasteiger partial charge in [-0.15, -0.1) is 0 Å². The third-order valence-electron chi connectivity index (χ3n) is 2.51. The lowest BCUT2D eigenvalue weighted by Gasteiger charge is -2.10. The van der Waals surface area contributed by atoms with Gasteiger partial charge in [-0.3, -0.25) is 9.79 Å². The number of aliphatic imine (C=N–C) groups is 1. The smallest absolute Gasteiger partial charge is 0.227 e. The van der Waals surface area contributed by atoms with Crippen LogP contribution in [0.3, 0.4) is 0 Å². The zero-order valence-electron chi connectivity index (χ0n) is 9.04. The quantitative estimate of drug-likeness (QED) is 0.599. The topological polar surface area (TPSA) is 32.7 Å². The largest absolute Gasteiger partial charge is 0.301 e. The summed E-state index contributed by atoms with van der Waals surface area (Å²) in [6.45, 7) is 3.77. The van der Waals surface area contributed by atoms with E-state index in [0.29, 0.717) is 6.42 Å². The van der Waals surface area contributed by atoms with E-state index >= 15 is 0 Å². The van der Waals surface area contributed by atoms with Crippen LogP contribution in [-0.4, -0.2) is 30.2 Å². The standard InChI is InChI=1S/C11H20N2O/c1-2-3-4-5-6-7-11(14)13-9-8-12-10-13/h10H,2-9H2,1H3. The number of hydrogen-bond donors (Lipinski definition) is 0. The molecule has 1 amide bonds. The van der Waals surface area contributed by atoms with Crippen LogP contribution in [0.25, 0.3) is 0 Å². The Bertz CT molecular complexity index is 201. The zero-order chi connectivity index (χ0) is 10.2. The van der Waals surface area contributed by atoms with Crippen molar-refractivity contribution in [1.29, 1.82) is 0 Å². The van der Waals surface area contributed by atoms with Crippen molar-refractivity contribution in [1.82, 2.24) is 4.90 Å². The highest BCUT2D eigenvalue weighted by Crippen LogP contribution is 2.07. The highest BCUT2D eigenvalue weighted by molar-refractivity contribution is 5.88. The van der Waals surface area contributed by atoms with E-state index in [1.807, 2.05) is 0 Å². The molecule has 1 aliphatic rings. The molecule has 0 aromatic heterocycles. The third kappa shape index (κ3) is 3.90. The Balaban J connectivity index is 2.00. The second-order valence-corrected chi connectivity index (χ2v) is 3.77. The Morgan fingerprint density at radius 2 is 2.14 bits per heavy atom. The average Bonchev–Trinajstić information content (AvgIpc) is 2.70. The van der Waals surface area contributed by atoms with Crippen molar-refractivity contribution < 1.29 is 4.79 Å². The molecule has 1 aliphatic heterocycles. The maximum absolute atomic E-state index is 11.5. The monoisotopic (exact) mass is 196 g/mol. The maximum Gasteiger partial charge on any atom is 0.227 e. The van der Waals surface area contributed by atoms with E-state index in [1.54, 1.807) is 11.2 Å². The van der Waals surface area contributed by atoms with Gasteiger partial charge in [0.05, 0.1) is 12.9 Å². The van der Waals surface area contributed by atoms with E-state index in [2.05, 4.69) is 11.9 Å². The Kier molecular flexibility index (Phi) is 5.27. The molecule has 0 saturated carbocycles. The second kappa shape index (κ2) is 6.57. The number of carbonyl (C=O) groups is 1. The first-order valence-electron chi connectivity index (χ1n) is 5.64. The highest BCUT2D eigenvalue weighted by Gasteiger charge is 2.13. The minimum absolute atomic E-state index is 0.239. The molecule has 0 radical (unpaired) electrons. The number of hydrogen-bond acceptors (Lipinski definition) is 2. The summed E-state index contributed by atoms with van der Waals surface area (Å²) in [6.07, 6.45) is 8.39. The lowest BCUT2D eigenvalue weighted by atomic mass is 10.1. The van der Waals surface area contributed by atoms with Crippen LogP contribution in [0.15, 0.2) is 4.99 Å². The van der Waals surface area contributed by atoms with Crippen LogP contribution in [0.2, 0.25) is 0 Å². The molecule has 0 aromatic rings. The van der Waals surface area contributed by atoms with E-state index in [4.69, 9.17) is 0 Å². The zero-order valence-corrected chi connectivity index (χ0v) is 9.04. The van der Waals surface area contributed by atoms with Crippen LogP contribution in [0.4, 0.5) is 0 Å². The lowest BCUT2D eigenvalue weighted by Crippen LogP contribution is -2.27. The van der Waals surface area contributed by atoms with Crippen molar-refractivity contribution in [2.75, 3.05) is 13.1 Å². The molecule has 0 unspecified atom stereocenters. The van der Waals surface area contributed by atoms with Crippen molar-refractivity contribution in [2.45, 2.75) is 45.4 Å². The minimum atomic E-state index is 0.239. The molecule has 1 rings (SSSR count). The summed E-state index contributed by atoms with van der Waals surface area (Å²) in [7, 11) is 0. The van der Waals surface area contributed by atoms with Crippen molar-refractivity contribution in [2.24, 2.45) is 4.99 Å². The van der Waals surface area contributed by atoms with Gasteiger partial charge in [0.1, 0.15) is 0 Å². The Morgan fingerprint density at radius 1 is 1.36 bits per heavy atom. The molecule has 0 bridgehead atoms. The third-order valence-corrected chi connectivity index (χ3v) is 2.51. The molecular formula is C11H20N2O. The van der Waals surface area contributed by atoms with E-state index in [-0.39, 0.29) is 5.91 Å². The fourth-order valence-electron chi connectivity index (χ4n) is 1.59. The number of unbranched alkanes of at least 4 members (excludes halogenated alkanes) is 4. The lowest BCUT2D eigenvalue weighted by molar-refractivity contribution is -0.126. The van der Waals surface area contributed by atoms with Gasteiger partial charge >= 0.3 is 0 Å².